The normalized spacial score (nSPS) is 15.1. The Hall–Kier alpha value is -4.56. The van der Waals surface area contributed by atoms with Crippen LogP contribution in [0.4, 0.5) is 5.69 Å². The summed E-state index contributed by atoms with van der Waals surface area (Å²) >= 11 is 1.23. The third-order valence-corrected chi connectivity index (χ3v) is 6.56. The Labute approximate surface area is 217 Å². The van der Waals surface area contributed by atoms with E-state index in [9.17, 15) is 9.59 Å². The standard InChI is InChI=1S/C29H22N2O5S/c1-34-21-13-11-20(12-14-21)30-29-31-27(32)26(37-29)17-18-10-15-24(35-2)25(16-18)36-28(33)23-9-5-7-19-6-3-4-8-22(19)23/h3-17H,1-2H3,(H,30,31,32)/b26-17-. The van der Waals surface area contributed by atoms with Gasteiger partial charge in [0.05, 0.1) is 30.4 Å². The summed E-state index contributed by atoms with van der Waals surface area (Å²) in [6.45, 7) is 0. The number of ether oxygens (including phenoxy) is 3. The van der Waals surface area contributed by atoms with Crippen LogP contribution in [-0.2, 0) is 4.79 Å². The molecule has 1 heterocycles. The van der Waals surface area contributed by atoms with E-state index in [1.54, 1.807) is 61.7 Å². The Morgan fingerprint density at radius 2 is 1.68 bits per heavy atom. The van der Waals surface area contributed by atoms with Crippen LogP contribution in [-0.4, -0.2) is 31.3 Å². The zero-order chi connectivity index (χ0) is 25.8. The zero-order valence-corrected chi connectivity index (χ0v) is 20.9. The molecule has 37 heavy (non-hydrogen) atoms. The molecule has 0 saturated carbocycles. The lowest BCUT2D eigenvalue weighted by Crippen LogP contribution is -2.19. The van der Waals surface area contributed by atoms with E-state index in [1.807, 2.05) is 36.4 Å². The van der Waals surface area contributed by atoms with Gasteiger partial charge in [-0.25, -0.2) is 9.79 Å². The van der Waals surface area contributed by atoms with Crippen molar-refractivity contribution in [1.29, 1.82) is 0 Å². The summed E-state index contributed by atoms with van der Waals surface area (Å²) in [4.78, 5) is 30.6. The number of methoxy groups -OCH3 is 2. The number of hydrogen-bond donors (Lipinski definition) is 1. The molecular formula is C29H22N2O5S. The quantitative estimate of drug-likeness (QED) is 0.195. The number of nitrogens with one attached hydrogen (secondary N) is 1. The number of amidine groups is 1. The van der Waals surface area contributed by atoms with Crippen LogP contribution >= 0.6 is 11.8 Å². The molecule has 1 fully saturated rings. The van der Waals surface area contributed by atoms with Crippen LogP contribution in [0, 0.1) is 0 Å². The molecule has 0 unspecified atom stereocenters. The van der Waals surface area contributed by atoms with Gasteiger partial charge in [0, 0.05) is 0 Å². The molecule has 8 heteroatoms. The van der Waals surface area contributed by atoms with E-state index >= 15 is 0 Å². The molecule has 7 nitrogen and oxygen atoms in total. The molecule has 1 aliphatic rings. The van der Waals surface area contributed by atoms with Gasteiger partial charge in [-0.3, -0.25) is 4.79 Å². The fraction of sp³-hybridized carbons (Fsp3) is 0.0690. The first-order chi connectivity index (χ1) is 18.0. The molecule has 4 aromatic carbocycles. The van der Waals surface area contributed by atoms with Crippen molar-refractivity contribution >= 4 is 51.3 Å². The number of esters is 1. The summed E-state index contributed by atoms with van der Waals surface area (Å²) in [7, 11) is 3.10. The lowest BCUT2D eigenvalue weighted by atomic mass is 10.0. The monoisotopic (exact) mass is 510 g/mol. The van der Waals surface area contributed by atoms with Gasteiger partial charge in [0.15, 0.2) is 16.7 Å². The Morgan fingerprint density at radius 3 is 2.46 bits per heavy atom. The molecule has 0 radical (unpaired) electrons. The largest absolute Gasteiger partial charge is 0.497 e. The van der Waals surface area contributed by atoms with E-state index in [0.29, 0.717) is 32.6 Å². The van der Waals surface area contributed by atoms with E-state index < -0.39 is 5.97 Å². The lowest BCUT2D eigenvalue weighted by molar-refractivity contribution is -0.115. The number of thioether (sulfide) groups is 1. The summed E-state index contributed by atoms with van der Waals surface area (Å²) in [6, 6.07) is 25.5. The number of benzene rings is 4. The molecule has 1 N–H and O–H groups in total. The van der Waals surface area contributed by atoms with Crippen molar-refractivity contribution in [2.45, 2.75) is 0 Å². The molecule has 184 valence electrons. The first-order valence-electron chi connectivity index (χ1n) is 11.4. The van der Waals surface area contributed by atoms with E-state index in [1.165, 1.54) is 18.9 Å². The summed E-state index contributed by atoms with van der Waals surface area (Å²) in [5.41, 5.74) is 1.82. The molecule has 1 amide bonds. The van der Waals surface area contributed by atoms with Crippen molar-refractivity contribution < 1.29 is 23.8 Å². The van der Waals surface area contributed by atoms with Crippen molar-refractivity contribution in [3.63, 3.8) is 0 Å². The van der Waals surface area contributed by atoms with Crippen molar-refractivity contribution in [2.24, 2.45) is 4.99 Å². The smallest absolute Gasteiger partial charge is 0.344 e. The topological polar surface area (TPSA) is 86.2 Å². The molecule has 1 aliphatic heterocycles. The van der Waals surface area contributed by atoms with E-state index in [-0.39, 0.29) is 11.7 Å². The van der Waals surface area contributed by atoms with Crippen LogP contribution in [0.2, 0.25) is 0 Å². The van der Waals surface area contributed by atoms with Crippen LogP contribution in [0.3, 0.4) is 0 Å². The molecule has 0 atom stereocenters. The van der Waals surface area contributed by atoms with Gasteiger partial charge in [-0.2, -0.15) is 0 Å². The van der Waals surface area contributed by atoms with Crippen LogP contribution in [0.15, 0.2) is 94.8 Å². The first-order valence-corrected chi connectivity index (χ1v) is 12.2. The predicted octanol–water partition coefficient (Wildman–Crippen LogP) is 5.97. The number of amides is 1. The second kappa shape index (κ2) is 10.6. The van der Waals surface area contributed by atoms with Crippen molar-refractivity contribution in [1.82, 2.24) is 5.32 Å². The second-order valence-electron chi connectivity index (χ2n) is 8.01. The van der Waals surface area contributed by atoms with Crippen LogP contribution in [0.25, 0.3) is 16.8 Å². The molecule has 5 rings (SSSR count). The average Bonchev–Trinajstić information content (AvgIpc) is 3.26. The highest BCUT2D eigenvalue weighted by molar-refractivity contribution is 8.18. The van der Waals surface area contributed by atoms with Gasteiger partial charge in [-0.1, -0.05) is 42.5 Å². The predicted molar refractivity (Wildman–Crippen MR) is 146 cm³/mol. The number of rotatable bonds is 6. The van der Waals surface area contributed by atoms with Gasteiger partial charge in [-0.05, 0) is 76.6 Å². The molecule has 1 saturated heterocycles. The fourth-order valence-electron chi connectivity index (χ4n) is 3.83. The van der Waals surface area contributed by atoms with E-state index in [4.69, 9.17) is 14.2 Å². The summed E-state index contributed by atoms with van der Waals surface area (Å²) in [5, 5.41) is 4.99. The fourth-order valence-corrected chi connectivity index (χ4v) is 4.67. The Kier molecular flexibility index (Phi) is 6.91. The lowest BCUT2D eigenvalue weighted by Gasteiger charge is -2.11. The number of hydrogen-bond acceptors (Lipinski definition) is 7. The number of carbonyl (C=O) groups is 2. The van der Waals surface area contributed by atoms with Crippen LogP contribution in [0.1, 0.15) is 15.9 Å². The summed E-state index contributed by atoms with van der Waals surface area (Å²) in [5.74, 6) is 0.625. The third kappa shape index (κ3) is 5.34. The second-order valence-corrected chi connectivity index (χ2v) is 9.04. The zero-order valence-electron chi connectivity index (χ0n) is 20.1. The minimum Gasteiger partial charge on any atom is -0.497 e. The van der Waals surface area contributed by atoms with Gasteiger partial charge in [0.1, 0.15) is 5.75 Å². The minimum absolute atomic E-state index is 0.255. The molecular weight excluding hydrogens is 488 g/mol. The maximum absolute atomic E-state index is 13.1. The highest BCUT2D eigenvalue weighted by atomic mass is 32.2. The molecule has 0 spiro atoms. The van der Waals surface area contributed by atoms with Crippen LogP contribution in [0.5, 0.6) is 17.2 Å². The van der Waals surface area contributed by atoms with Crippen molar-refractivity contribution in [3.8, 4) is 17.2 Å². The van der Waals surface area contributed by atoms with Crippen molar-refractivity contribution in [2.75, 3.05) is 14.2 Å². The average molecular weight is 511 g/mol. The minimum atomic E-state index is -0.498. The van der Waals surface area contributed by atoms with Crippen molar-refractivity contribution in [3.05, 3.63) is 101 Å². The Morgan fingerprint density at radius 1 is 0.892 bits per heavy atom. The van der Waals surface area contributed by atoms with Crippen LogP contribution < -0.4 is 19.5 Å². The van der Waals surface area contributed by atoms with E-state index in [0.717, 1.165) is 16.5 Å². The maximum Gasteiger partial charge on any atom is 0.344 e. The van der Waals surface area contributed by atoms with Gasteiger partial charge in [0.25, 0.3) is 5.91 Å². The molecule has 4 aromatic rings. The first kappa shape index (κ1) is 24.1. The molecule has 0 aromatic heterocycles. The summed E-state index contributed by atoms with van der Waals surface area (Å²) in [6.07, 6.45) is 1.71. The maximum atomic E-state index is 13.1. The van der Waals surface area contributed by atoms with E-state index in [2.05, 4.69) is 10.3 Å². The van der Waals surface area contributed by atoms with Gasteiger partial charge in [-0.15, -0.1) is 0 Å². The Balaban J connectivity index is 1.38. The highest BCUT2D eigenvalue weighted by Gasteiger charge is 2.24. The number of aliphatic imine (C=N–C) groups is 1. The third-order valence-electron chi connectivity index (χ3n) is 5.65. The molecule has 0 bridgehead atoms. The van der Waals surface area contributed by atoms with Gasteiger partial charge >= 0.3 is 5.97 Å². The highest BCUT2D eigenvalue weighted by Crippen LogP contribution is 2.33. The summed E-state index contributed by atoms with van der Waals surface area (Å²) < 4.78 is 16.3. The van der Waals surface area contributed by atoms with Gasteiger partial charge < -0.3 is 19.5 Å². The molecule has 0 aliphatic carbocycles. The Bertz CT molecular complexity index is 1560. The number of nitrogens with zero attached hydrogens (tertiary/aromatic N) is 1. The SMILES string of the molecule is COc1ccc(N=C2NC(=O)/C(=C/c3ccc(OC)c(OC(=O)c4cccc5ccccc45)c3)S2)cc1. The number of fused-ring (bicyclic) bond motifs is 1. The number of carbonyl (C=O) groups excluding carboxylic acids is 2. The van der Waals surface area contributed by atoms with Gasteiger partial charge in [0.2, 0.25) is 0 Å².